The van der Waals surface area contributed by atoms with E-state index in [1.807, 2.05) is 13.1 Å². The second-order valence-corrected chi connectivity index (χ2v) is 7.80. The van der Waals surface area contributed by atoms with Crippen LogP contribution < -0.4 is 0 Å². The van der Waals surface area contributed by atoms with Crippen molar-refractivity contribution in [3.63, 3.8) is 0 Å². The number of nitrogens with one attached hydrogen (secondary N) is 1. The monoisotopic (exact) mass is 345 g/mol. The maximum absolute atomic E-state index is 13.1. The van der Waals surface area contributed by atoms with Crippen molar-refractivity contribution in [1.29, 1.82) is 5.26 Å². The molecule has 1 N–H and O–H groups in total. The van der Waals surface area contributed by atoms with Crippen LogP contribution in [0.4, 0.5) is 0 Å². The number of aromatic amines is 1. The largest absolute Gasteiger partial charge is 0.347 e. The quantitative estimate of drug-likeness (QED) is 0.904. The number of H-pyrrole nitrogens is 1. The van der Waals surface area contributed by atoms with Crippen LogP contribution in [-0.4, -0.2) is 54.3 Å². The first-order chi connectivity index (χ1) is 11.4. The molecule has 0 saturated carbocycles. The second-order valence-electron chi connectivity index (χ2n) is 5.89. The zero-order chi connectivity index (χ0) is 17.3. The van der Waals surface area contributed by atoms with Gasteiger partial charge in [-0.15, -0.1) is 0 Å². The standard InChI is InChI=1S/C16H19N5O2S/c1-12-4-3-5-15(13(12)10-17)24(22,23)21-9-8-20(2)14(11-21)16-18-6-7-19-16/h3-7,14H,8-9,11H2,1-2H3,(H,18,19). The SMILES string of the molecule is Cc1cccc(S(=O)(=O)N2CCN(C)C(c3ncc[nH]3)C2)c1C#N. The Kier molecular flexibility index (Phi) is 4.41. The number of likely N-dealkylation sites (N-methyl/N-ethyl adjacent to an activating group) is 1. The molecule has 0 bridgehead atoms. The van der Waals surface area contributed by atoms with Crippen molar-refractivity contribution in [2.75, 3.05) is 26.7 Å². The summed E-state index contributed by atoms with van der Waals surface area (Å²) >= 11 is 0. The van der Waals surface area contributed by atoms with Gasteiger partial charge in [0.1, 0.15) is 16.8 Å². The van der Waals surface area contributed by atoms with Crippen LogP contribution in [0.3, 0.4) is 0 Å². The molecule has 7 nitrogen and oxygen atoms in total. The molecule has 1 aliphatic heterocycles. The number of nitrogens with zero attached hydrogens (tertiary/aromatic N) is 4. The van der Waals surface area contributed by atoms with Gasteiger partial charge in [-0.25, -0.2) is 13.4 Å². The van der Waals surface area contributed by atoms with E-state index in [1.165, 1.54) is 10.4 Å². The summed E-state index contributed by atoms with van der Waals surface area (Å²) in [5.74, 6) is 0.738. The third kappa shape index (κ3) is 2.82. The van der Waals surface area contributed by atoms with Crippen LogP contribution in [0.5, 0.6) is 0 Å². The van der Waals surface area contributed by atoms with Gasteiger partial charge in [0.05, 0.1) is 11.6 Å². The van der Waals surface area contributed by atoms with Gasteiger partial charge >= 0.3 is 0 Å². The Morgan fingerprint density at radius 2 is 2.17 bits per heavy atom. The number of hydrogen-bond acceptors (Lipinski definition) is 5. The Labute approximate surface area is 141 Å². The molecule has 126 valence electrons. The van der Waals surface area contributed by atoms with E-state index in [1.54, 1.807) is 31.5 Å². The molecule has 1 aromatic heterocycles. The molecule has 1 saturated heterocycles. The highest BCUT2D eigenvalue weighted by Crippen LogP contribution is 2.28. The average Bonchev–Trinajstić information content (AvgIpc) is 3.09. The van der Waals surface area contributed by atoms with Gasteiger partial charge in [-0.3, -0.25) is 4.90 Å². The van der Waals surface area contributed by atoms with Crippen molar-refractivity contribution in [3.8, 4) is 6.07 Å². The number of hydrogen-bond donors (Lipinski definition) is 1. The molecule has 0 radical (unpaired) electrons. The highest BCUT2D eigenvalue weighted by Gasteiger charge is 2.35. The third-order valence-electron chi connectivity index (χ3n) is 4.41. The lowest BCUT2D eigenvalue weighted by molar-refractivity contribution is 0.142. The fourth-order valence-corrected chi connectivity index (χ4v) is 4.61. The first-order valence-corrected chi connectivity index (χ1v) is 9.08. The van der Waals surface area contributed by atoms with Crippen molar-refractivity contribution in [1.82, 2.24) is 19.2 Å². The van der Waals surface area contributed by atoms with Crippen LogP contribution >= 0.6 is 0 Å². The topological polar surface area (TPSA) is 93.1 Å². The van der Waals surface area contributed by atoms with E-state index in [0.717, 1.165) is 5.82 Å². The Bertz CT molecular complexity index is 870. The van der Waals surface area contributed by atoms with Crippen LogP contribution in [-0.2, 0) is 10.0 Å². The lowest BCUT2D eigenvalue weighted by Crippen LogP contribution is -2.49. The Balaban J connectivity index is 1.96. The Morgan fingerprint density at radius 3 is 2.83 bits per heavy atom. The third-order valence-corrected chi connectivity index (χ3v) is 6.32. The number of aromatic nitrogens is 2. The number of rotatable bonds is 3. The fourth-order valence-electron chi connectivity index (χ4n) is 2.96. The molecule has 2 aromatic rings. The van der Waals surface area contributed by atoms with Crippen molar-refractivity contribution in [2.45, 2.75) is 17.9 Å². The summed E-state index contributed by atoms with van der Waals surface area (Å²) in [4.78, 5) is 9.46. The van der Waals surface area contributed by atoms with Gasteiger partial charge < -0.3 is 4.98 Å². The normalized spacial score (nSPS) is 20.0. The summed E-state index contributed by atoms with van der Waals surface area (Å²) < 4.78 is 27.6. The molecule has 0 spiro atoms. The minimum absolute atomic E-state index is 0.0766. The summed E-state index contributed by atoms with van der Waals surface area (Å²) in [5, 5.41) is 9.35. The first-order valence-electron chi connectivity index (χ1n) is 7.64. The molecule has 1 fully saturated rings. The van der Waals surface area contributed by atoms with Gasteiger partial charge in [-0.2, -0.15) is 9.57 Å². The van der Waals surface area contributed by atoms with Gasteiger partial charge in [-0.05, 0) is 25.6 Å². The van der Waals surface area contributed by atoms with E-state index in [0.29, 0.717) is 25.2 Å². The highest BCUT2D eigenvalue weighted by molar-refractivity contribution is 7.89. The van der Waals surface area contributed by atoms with Gasteiger partial charge in [0, 0.05) is 32.0 Å². The number of sulfonamides is 1. The molecule has 1 atom stereocenters. The molecule has 1 unspecified atom stereocenters. The smallest absolute Gasteiger partial charge is 0.244 e. The average molecular weight is 345 g/mol. The van der Waals surface area contributed by atoms with E-state index in [4.69, 9.17) is 0 Å². The lowest BCUT2D eigenvalue weighted by atomic mass is 10.1. The Morgan fingerprint density at radius 1 is 1.38 bits per heavy atom. The van der Waals surface area contributed by atoms with E-state index in [9.17, 15) is 13.7 Å². The van der Waals surface area contributed by atoms with Gasteiger partial charge in [0.2, 0.25) is 10.0 Å². The first kappa shape index (κ1) is 16.6. The van der Waals surface area contributed by atoms with Crippen LogP contribution in [0.2, 0.25) is 0 Å². The number of aryl methyl sites for hydroxylation is 1. The van der Waals surface area contributed by atoms with Gasteiger partial charge in [0.15, 0.2) is 0 Å². The van der Waals surface area contributed by atoms with E-state index >= 15 is 0 Å². The summed E-state index contributed by atoms with van der Waals surface area (Å²) in [6, 6.07) is 6.80. The summed E-state index contributed by atoms with van der Waals surface area (Å²) in [5.41, 5.74) is 0.876. The molecular formula is C16H19N5O2S. The zero-order valence-electron chi connectivity index (χ0n) is 13.6. The summed E-state index contributed by atoms with van der Waals surface area (Å²) in [7, 11) is -1.78. The molecule has 3 rings (SSSR count). The van der Waals surface area contributed by atoms with Crippen LogP contribution in [0.25, 0.3) is 0 Å². The lowest BCUT2D eigenvalue weighted by Gasteiger charge is -2.37. The minimum Gasteiger partial charge on any atom is -0.347 e. The molecule has 1 aliphatic rings. The van der Waals surface area contributed by atoms with Crippen molar-refractivity contribution >= 4 is 10.0 Å². The molecular weight excluding hydrogens is 326 g/mol. The van der Waals surface area contributed by atoms with E-state index in [2.05, 4.69) is 14.9 Å². The van der Waals surface area contributed by atoms with Crippen LogP contribution in [0.1, 0.15) is 23.0 Å². The van der Waals surface area contributed by atoms with E-state index in [-0.39, 0.29) is 16.5 Å². The van der Waals surface area contributed by atoms with Crippen LogP contribution in [0.15, 0.2) is 35.5 Å². The molecule has 2 heterocycles. The molecule has 0 aliphatic carbocycles. The maximum Gasteiger partial charge on any atom is 0.244 e. The summed E-state index contributed by atoms with van der Waals surface area (Å²) in [6.07, 6.45) is 3.38. The number of nitriles is 1. The van der Waals surface area contributed by atoms with Crippen molar-refractivity contribution in [3.05, 3.63) is 47.5 Å². The molecule has 1 aromatic carbocycles. The molecule has 0 amide bonds. The van der Waals surface area contributed by atoms with E-state index < -0.39 is 10.0 Å². The van der Waals surface area contributed by atoms with Gasteiger partial charge in [0.25, 0.3) is 0 Å². The minimum atomic E-state index is -3.73. The predicted octanol–water partition coefficient (Wildman–Crippen LogP) is 1.27. The molecule has 24 heavy (non-hydrogen) atoms. The second kappa shape index (κ2) is 6.36. The maximum atomic E-state index is 13.1. The number of piperazine rings is 1. The number of benzene rings is 1. The van der Waals surface area contributed by atoms with Crippen molar-refractivity contribution < 1.29 is 8.42 Å². The van der Waals surface area contributed by atoms with Crippen LogP contribution in [0, 0.1) is 18.3 Å². The summed E-state index contributed by atoms with van der Waals surface area (Å²) in [6.45, 7) is 3.02. The number of imidazole rings is 1. The fraction of sp³-hybridized carbons (Fsp3) is 0.375. The van der Waals surface area contributed by atoms with Gasteiger partial charge in [-0.1, -0.05) is 12.1 Å². The highest BCUT2D eigenvalue weighted by atomic mass is 32.2. The molecule has 8 heteroatoms. The van der Waals surface area contributed by atoms with Crippen molar-refractivity contribution in [2.24, 2.45) is 0 Å². The predicted molar refractivity (Wildman–Crippen MR) is 88.6 cm³/mol. The zero-order valence-corrected chi connectivity index (χ0v) is 14.4. The Hall–Kier alpha value is -2.21.